The predicted molar refractivity (Wildman–Crippen MR) is 134 cm³/mol. The normalized spacial score (nSPS) is 20.6. The molecule has 2 fully saturated rings. The number of benzene rings is 1. The molecule has 0 bridgehead atoms. The molecule has 2 heterocycles. The number of guanidine groups is 1. The quantitative estimate of drug-likeness (QED) is 0.307. The van der Waals surface area contributed by atoms with E-state index in [1.165, 1.54) is 31.5 Å². The number of ether oxygens (including phenoxy) is 2. The van der Waals surface area contributed by atoms with E-state index in [9.17, 15) is 0 Å². The third-order valence-electron chi connectivity index (χ3n) is 5.99. The molecule has 1 aromatic rings. The van der Waals surface area contributed by atoms with E-state index < -0.39 is 0 Å². The van der Waals surface area contributed by atoms with Crippen LogP contribution < -0.4 is 15.4 Å². The van der Waals surface area contributed by atoms with Crippen molar-refractivity contribution in [1.82, 2.24) is 15.5 Å². The van der Waals surface area contributed by atoms with Gasteiger partial charge in [0, 0.05) is 44.8 Å². The smallest absolute Gasteiger partial charge is 0.191 e. The molecule has 0 spiro atoms. The summed E-state index contributed by atoms with van der Waals surface area (Å²) in [7, 11) is 1.82. The van der Waals surface area contributed by atoms with Crippen molar-refractivity contribution in [1.29, 1.82) is 0 Å². The van der Waals surface area contributed by atoms with Crippen molar-refractivity contribution in [3.8, 4) is 5.75 Å². The van der Waals surface area contributed by atoms with Crippen molar-refractivity contribution >= 4 is 29.9 Å². The molecular weight excluding hydrogens is 491 g/mol. The number of piperidine rings is 1. The van der Waals surface area contributed by atoms with E-state index in [1.807, 2.05) is 7.05 Å². The van der Waals surface area contributed by atoms with Crippen molar-refractivity contribution in [3.05, 3.63) is 29.3 Å². The Labute approximate surface area is 199 Å². The molecule has 1 atom stereocenters. The van der Waals surface area contributed by atoms with Crippen LogP contribution in [0, 0.1) is 18.8 Å². The second-order valence-electron chi connectivity index (χ2n) is 8.53. The standard InChI is InChI=1S/C23H38N4O2.HI/c1-18-6-10-27(11-7-18)12-9-25-23(24-3)26-15-21-5-4-19(2)14-22(21)29-17-20-8-13-28-16-20;/h4-5,14,18,20H,6-13,15-17H2,1-3H3,(H2,24,25,26);1H. The molecule has 2 N–H and O–H groups in total. The lowest BCUT2D eigenvalue weighted by Crippen LogP contribution is -2.43. The number of hydrogen-bond donors (Lipinski definition) is 2. The van der Waals surface area contributed by atoms with Crippen LogP contribution in [0.1, 0.15) is 37.3 Å². The number of halogens is 1. The molecule has 0 aromatic heterocycles. The Morgan fingerprint density at radius 2 is 2.03 bits per heavy atom. The summed E-state index contributed by atoms with van der Waals surface area (Å²) in [5.74, 6) is 3.18. The lowest BCUT2D eigenvalue weighted by Gasteiger charge is -2.30. The predicted octanol–water partition coefficient (Wildman–Crippen LogP) is 3.43. The second-order valence-corrected chi connectivity index (χ2v) is 8.53. The first-order chi connectivity index (χ1) is 14.1. The SMILES string of the molecule is CN=C(NCCN1CCC(C)CC1)NCc1ccc(C)cc1OCC1CCOC1.I. The average molecular weight is 530 g/mol. The number of aryl methyl sites for hydroxylation is 1. The van der Waals surface area contributed by atoms with Crippen LogP contribution in [0.2, 0.25) is 0 Å². The molecular formula is C23H39IN4O2. The van der Waals surface area contributed by atoms with Crippen LogP contribution in [0.5, 0.6) is 5.75 Å². The van der Waals surface area contributed by atoms with Gasteiger partial charge in [-0.2, -0.15) is 0 Å². The van der Waals surface area contributed by atoms with Crippen LogP contribution in [0.4, 0.5) is 0 Å². The van der Waals surface area contributed by atoms with Crippen LogP contribution in [-0.4, -0.2) is 63.9 Å². The Hall–Kier alpha value is -1.06. The molecule has 0 amide bonds. The number of nitrogens with zero attached hydrogens (tertiary/aromatic N) is 2. The highest BCUT2D eigenvalue weighted by atomic mass is 127. The van der Waals surface area contributed by atoms with Gasteiger partial charge in [0.25, 0.3) is 0 Å². The Kier molecular flexibility index (Phi) is 11.2. The Morgan fingerprint density at radius 3 is 2.73 bits per heavy atom. The minimum atomic E-state index is 0. The summed E-state index contributed by atoms with van der Waals surface area (Å²) in [5.41, 5.74) is 2.37. The maximum atomic E-state index is 6.15. The molecule has 30 heavy (non-hydrogen) atoms. The highest BCUT2D eigenvalue weighted by molar-refractivity contribution is 14.0. The summed E-state index contributed by atoms with van der Waals surface area (Å²) in [6, 6.07) is 6.40. The van der Waals surface area contributed by atoms with Crippen LogP contribution in [-0.2, 0) is 11.3 Å². The van der Waals surface area contributed by atoms with Gasteiger partial charge in [0.05, 0.1) is 13.2 Å². The zero-order valence-electron chi connectivity index (χ0n) is 18.8. The van der Waals surface area contributed by atoms with E-state index in [4.69, 9.17) is 9.47 Å². The van der Waals surface area contributed by atoms with Crippen LogP contribution in [0.3, 0.4) is 0 Å². The van der Waals surface area contributed by atoms with Crippen molar-refractivity contribution in [2.24, 2.45) is 16.8 Å². The first-order valence-corrected chi connectivity index (χ1v) is 11.1. The lowest BCUT2D eigenvalue weighted by molar-refractivity contribution is 0.166. The molecule has 170 valence electrons. The fourth-order valence-electron chi connectivity index (χ4n) is 3.88. The third kappa shape index (κ3) is 8.23. The van der Waals surface area contributed by atoms with Crippen LogP contribution >= 0.6 is 24.0 Å². The monoisotopic (exact) mass is 530 g/mol. The molecule has 2 saturated heterocycles. The lowest BCUT2D eigenvalue weighted by atomic mass is 9.99. The van der Waals surface area contributed by atoms with Crippen LogP contribution in [0.25, 0.3) is 0 Å². The maximum Gasteiger partial charge on any atom is 0.191 e. The zero-order chi connectivity index (χ0) is 20.5. The van der Waals surface area contributed by atoms with Crippen molar-refractivity contribution in [3.63, 3.8) is 0 Å². The van der Waals surface area contributed by atoms with Crippen molar-refractivity contribution in [2.45, 2.75) is 39.7 Å². The molecule has 1 unspecified atom stereocenters. The molecule has 6 nitrogen and oxygen atoms in total. The zero-order valence-corrected chi connectivity index (χ0v) is 21.1. The van der Waals surface area contributed by atoms with Crippen molar-refractivity contribution < 1.29 is 9.47 Å². The summed E-state index contributed by atoms with van der Waals surface area (Å²) in [6.07, 6.45) is 3.72. The fourth-order valence-corrected chi connectivity index (χ4v) is 3.88. The van der Waals surface area contributed by atoms with Gasteiger partial charge in [-0.3, -0.25) is 4.99 Å². The minimum absolute atomic E-state index is 0. The second kappa shape index (κ2) is 13.4. The van der Waals surface area contributed by atoms with E-state index in [2.05, 4.69) is 52.6 Å². The summed E-state index contributed by atoms with van der Waals surface area (Å²) in [5, 5.41) is 6.88. The van der Waals surface area contributed by atoms with Gasteiger partial charge >= 0.3 is 0 Å². The molecule has 3 rings (SSSR count). The Balaban J connectivity index is 0.00000320. The van der Waals surface area contributed by atoms with Gasteiger partial charge in [0.1, 0.15) is 5.75 Å². The summed E-state index contributed by atoms with van der Waals surface area (Å²) >= 11 is 0. The van der Waals surface area contributed by atoms with E-state index in [0.29, 0.717) is 12.5 Å². The molecule has 2 aliphatic heterocycles. The summed E-state index contributed by atoms with van der Waals surface area (Å²) in [6.45, 7) is 11.9. The molecule has 1 aromatic carbocycles. The Morgan fingerprint density at radius 1 is 1.23 bits per heavy atom. The fraction of sp³-hybridized carbons (Fsp3) is 0.696. The Bertz CT molecular complexity index is 657. The summed E-state index contributed by atoms with van der Waals surface area (Å²) in [4.78, 5) is 6.91. The summed E-state index contributed by atoms with van der Waals surface area (Å²) < 4.78 is 11.6. The first-order valence-electron chi connectivity index (χ1n) is 11.1. The first kappa shape index (κ1) is 25.2. The van der Waals surface area contributed by atoms with Gasteiger partial charge in [-0.25, -0.2) is 0 Å². The highest BCUT2D eigenvalue weighted by Crippen LogP contribution is 2.22. The number of aliphatic imine (C=N–C) groups is 1. The molecule has 0 saturated carbocycles. The van der Waals surface area contributed by atoms with E-state index >= 15 is 0 Å². The van der Waals surface area contributed by atoms with Gasteiger partial charge in [-0.05, 0) is 56.8 Å². The molecule has 0 aliphatic carbocycles. The number of likely N-dealkylation sites (tertiary alicyclic amines) is 1. The maximum absolute atomic E-state index is 6.15. The van der Waals surface area contributed by atoms with Gasteiger partial charge < -0.3 is 25.0 Å². The minimum Gasteiger partial charge on any atom is -0.493 e. The number of hydrogen-bond acceptors (Lipinski definition) is 4. The van der Waals surface area contributed by atoms with Gasteiger partial charge in [-0.15, -0.1) is 24.0 Å². The number of rotatable bonds is 8. The molecule has 0 radical (unpaired) electrons. The average Bonchev–Trinajstić information content (AvgIpc) is 3.25. The largest absolute Gasteiger partial charge is 0.493 e. The van der Waals surface area contributed by atoms with Gasteiger partial charge in [-0.1, -0.05) is 19.1 Å². The van der Waals surface area contributed by atoms with Crippen LogP contribution in [0.15, 0.2) is 23.2 Å². The van der Waals surface area contributed by atoms with E-state index in [-0.39, 0.29) is 24.0 Å². The number of nitrogens with one attached hydrogen (secondary N) is 2. The molecule has 7 heteroatoms. The molecule has 2 aliphatic rings. The van der Waals surface area contributed by atoms with Gasteiger partial charge in [0.15, 0.2) is 5.96 Å². The van der Waals surface area contributed by atoms with Gasteiger partial charge in [0.2, 0.25) is 0 Å². The van der Waals surface area contributed by atoms with E-state index in [0.717, 1.165) is 62.5 Å². The topological polar surface area (TPSA) is 58.1 Å². The third-order valence-corrected chi connectivity index (χ3v) is 5.99. The van der Waals surface area contributed by atoms with E-state index in [1.54, 1.807) is 0 Å². The highest BCUT2D eigenvalue weighted by Gasteiger charge is 2.17. The van der Waals surface area contributed by atoms with Crippen molar-refractivity contribution in [2.75, 3.05) is 53.0 Å².